The van der Waals surface area contributed by atoms with Crippen LogP contribution in [0, 0.1) is 17.6 Å². The zero-order valence-electron chi connectivity index (χ0n) is 35.9. The molecular formula is C40H43F19N2O6Si. The minimum absolute atomic E-state index is 0.0415. The van der Waals surface area contributed by atoms with Crippen LogP contribution in [0.2, 0.25) is 17.1 Å². The molecule has 2 atom stereocenters. The van der Waals surface area contributed by atoms with Crippen LogP contribution >= 0.6 is 0 Å². The van der Waals surface area contributed by atoms with E-state index in [9.17, 15) is 84.2 Å². The molecule has 0 aromatic heterocycles. The van der Waals surface area contributed by atoms with Crippen molar-refractivity contribution in [1.29, 1.82) is 0 Å². The summed E-state index contributed by atoms with van der Waals surface area (Å²) < 4.78 is 280. The Morgan fingerprint density at radius 3 is 1.69 bits per heavy atom. The number of hydroxylamine groups is 1. The maximum atomic E-state index is 15.0. The lowest BCUT2D eigenvalue weighted by atomic mass is 9.88. The molecule has 0 radical (unpaired) electrons. The van der Waals surface area contributed by atoms with Crippen molar-refractivity contribution in [2.75, 3.05) is 18.5 Å². The Balaban J connectivity index is 2.31. The molecule has 0 aliphatic heterocycles. The Kier molecular flexibility index (Phi) is 19.1. The molecule has 2 aromatic carbocycles. The molecule has 2 aromatic rings. The molecule has 0 aliphatic rings. The molecule has 0 spiro atoms. The maximum absolute atomic E-state index is 15.0. The molecule has 8 nitrogen and oxygen atoms in total. The lowest BCUT2D eigenvalue weighted by molar-refractivity contribution is -0.461. The number of alkyl halides is 17. The van der Waals surface area contributed by atoms with E-state index in [0.29, 0.717) is 11.6 Å². The second-order valence-electron chi connectivity index (χ2n) is 15.7. The van der Waals surface area contributed by atoms with Crippen LogP contribution in [0.5, 0.6) is 5.75 Å². The summed E-state index contributed by atoms with van der Waals surface area (Å²) in [7, 11) is -4.06. The minimum atomic E-state index is -8.72. The van der Waals surface area contributed by atoms with Crippen molar-refractivity contribution in [1.82, 2.24) is 5.48 Å². The summed E-state index contributed by atoms with van der Waals surface area (Å²) in [6, 6.07) is 6.34. The SMILES string of the molecule is CC(C)[Si](CCC(F)(F)C(F)(F)C(F)(F)C(F)(F)C(F)(F)C(F)(F)C(F)(F)C(F)(F)F)(OCCOc1ccc([C@H](OC(=O)Nc2ccc(F)cc2F)[C@H](C)C/C=C/C=C/C(=O)NO)cc1)C(C)C. The third-order valence-corrected chi connectivity index (χ3v) is 16.2. The number of halogens is 19. The van der Waals surface area contributed by atoms with E-state index in [1.807, 2.05) is 0 Å². The van der Waals surface area contributed by atoms with Crippen molar-refractivity contribution >= 4 is 26.0 Å². The number of rotatable bonds is 24. The summed E-state index contributed by atoms with van der Waals surface area (Å²) in [5, 5.41) is 10.7. The molecule has 386 valence electrons. The van der Waals surface area contributed by atoms with Gasteiger partial charge >= 0.3 is 53.7 Å². The maximum Gasteiger partial charge on any atom is 0.460 e. The van der Waals surface area contributed by atoms with Crippen molar-refractivity contribution in [2.45, 2.75) is 118 Å². The second kappa shape index (κ2) is 21.9. The fourth-order valence-corrected chi connectivity index (χ4v) is 11.0. The third-order valence-electron chi connectivity index (χ3n) is 10.5. The zero-order chi connectivity index (χ0) is 52.7. The van der Waals surface area contributed by atoms with Gasteiger partial charge in [-0.05, 0) is 53.4 Å². The van der Waals surface area contributed by atoms with Gasteiger partial charge in [0.1, 0.15) is 30.1 Å². The Bertz CT molecular complexity index is 2060. The van der Waals surface area contributed by atoms with Crippen molar-refractivity contribution in [2.24, 2.45) is 5.92 Å². The van der Waals surface area contributed by atoms with Crippen LogP contribution < -0.4 is 15.5 Å². The number of nitrogens with one attached hydrogen (secondary N) is 2. The molecule has 0 bridgehead atoms. The van der Waals surface area contributed by atoms with E-state index in [-0.39, 0.29) is 12.2 Å². The Labute approximate surface area is 375 Å². The first-order chi connectivity index (χ1) is 30.8. The average molecular weight is 1040 g/mol. The summed E-state index contributed by atoms with van der Waals surface area (Å²) in [4.78, 5) is 24.0. The predicted molar refractivity (Wildman–Crippen MR) is 205 cm³/mol. The van der Waals surface area contributed by atoms with Gasteiger partial charge in [0.2, 0.25) is 0 Å². The van der Waals surface area contributed by atoms with Gasteiger partial charge in [-0.2, -0.15) is 74.6 Å². The second-order valence-corrected chi connectivity index (χ2v) is 20.7. The highest BCUT2D eigenvalue weighted by atomic mass is 28.4. The molecule has 0 fully saturated rings. The highest BCUT2D eigenvalue weighted by Gasteiger charge is 2.95. The number of carbonyl (C=O) groups excluding carboxylic acids is 2. The van der Waals surface area contributed by atoms with Gasteiger partial charge in [-0.1, -0.05) is 65.0 Å². The molecule has 0 heterocycles. The predicted octanol–water partition coefficient (Wildman–Crippen LogP) is 13.5. The lowest BCUT2D eigenvalue weighted by Gasteiger charge is -2.44. The van der Waals surface area contributed by atoms with Gasteiger partial charge in [0.05, 0.1) is 12.3 Å². The van der Waals surface area contributed by atoms with Crippen LogP contribution in [0.3, 0.4) is 0 Å². The molecule has 2 amide bonds. The Morgan fingerprint density at radius 2 is 1.21 bits per heavy atom. The first-order valence-corrected chi connectivity index (χ1v) is 21.9. The molecule has 2 rings (SSSR count). The number of ether oxygens (including phenoxy) is 2. The molecule has 0 aliphatic carbocycles. The smallest absolute Gasteiger partial charge is 0.460 e. The van der Waals surface area contributed by atoms with Crippen LogP contribution in [0.4, 0.5) is 93.9 Å². The van der Waals surface area contributed by atoms with E-state index in [1.54, 1.807) is 13.0 Å². The van der Waals surface area contributed by atoms with E-state index in [4.69, 9.17) is 19.1 Å². The topological polar surface area (TPSA) is 106 Å². The highest BCUT2D eigenvalue weighted by Crippen LogP contribution is 2.64. The van der Waals surface area contributed by atoms with Crippen LogP contribution in [0.15, 0.2) is 66.8 Å². The summed E-state index contributed by atoms with van der Waals surface area (Å²) >= 11 is 0. The number of anilines is 1. The van der Waals surface area contributed by atoms with Gasteiger partial charge in [-0.3, -0.25) is 15.3 Å². The number of carbonyl (C=O) groups is 2. The first kappa shape index (κ1) is 59.4. The standard InChI is InChI=1S/C40H43F19N2O6Si/c1-22(2)68(23(3)4,20-17-33(43,44)34(45,46)35(47,48)36(49,50)37(51,52)38(53,54)39(55,56)40(57,58)59)66-19-18-65-27-14-11-25(12-15-27)31(24(5)9-7-6-8-10-30(62)61-64)67-32(63)60-29-16-13-26(41)21-28(29)42/h6-8,10-16,21-24,31,64H,9,17-20H2,1-5H3,(H,60,63)(H,61,62)/b7-6+,10-8+/t24-,31-/m1/s1. The molecule has 0 saturated heterocycles. The highest BCUT2D eigenvalue weighted by molar-refractivity contribution is 6.76. The minimum Gasteiger partial charge on any atom is -0.491 e. The van der Waals surface area contributed by atoms with E-state index in [1.165, 1.54) is 69.6 Å². The number of allylic oxidation sites excluding steroid dienone is 3. The molecule has 68 heavy (non-hydrogen) atoms. The van der Waals surface area contributed by atoms with Gasteiger partial charge in [-0.15, -0.1) is 0 Å². The monoisotopic (exact) mass is 1040 g/mol. The molecular weight excluding hydrogens is 993 g/mol. The third kappa shape index (κ3) is 12.3. The van der Waals surface area contributed by atoms with E-state index >= 15 is 8.78 Å². The van der Waals surface area contributed by atoms with Gasteiger partial charge in [0.15, 0.2) is 8.32 Å². The van der Waals surface area contributed by atoms with Crippen molar-refractivity contribution < 1.29 is 112 Å². The zero-order valence-corrected chi connectivity index (χ0v) is 36.9. The molecule has 0 saturated carbocycles. The molecule has 3 N–H and O–H groups in total. The van der Waals surface area contributed by atoms with Crippen LogP contribution in [-0.2, 0) is 14.0 Å². The Hall–Kier alpha value is -4.73. The first-order valence-electron chi connectivity index (χ1n) is 19.6. The fourth-order valence-electron chi connectivity index (χ4n) is 6.53. The van der Waals surface area contributed by atoms with E-state index in [2.05, 4.69) is 5.32 Å². The summed E-state index contributed by atoms with van der Waals surface area (Å²) in [5.74, 6) is -60.5. The van der Waals surface area contributed by atoms with E-state index in [0.717, 1.165) is 18.2 Å². The summed E-state index contributed by atoms with van der Waals surface area (Å²) in [6.07, 6.45) is -7.35. The Morgan fingerprint density at radius 1 is 0.691 bits per heavy atom. The number of amides is 2. The van der Waals surface area contributed by atoms with Gasteiger partial charge in [-0.25, -0.2) is 19.1 Å². The fraction of sp³-hybridized carbons (Fsp3) is 0.550. The lowest BCUT2D eigenvalue weighted by Crippen LogP contribution is -2.74. The van der Waals surface area contributed by atoms with Crippen LogP contribution in [0.25, 0.3) is 0 Å². The van der Waals surface area contributed by atoms with Gasteiger partial charge < -0.3 is 13.9 Å². The van der Waals surface area contributed by atoms with Crippen LogP contribution in [-0.4, -0.2) is 86.4 Å². The van der Waals surface area contributed by atoms with Crippen molar-refractivity contribution in [3.05, 3.63) is 84.0 Å². The largest absolute Gasteiger partial charge is 0.491 e. The number of benzene rings is 2. The average Bonchev–Trinajstić information content (AvgIpc) is 3.22. The summed E-state index contributed by atoms with van der Waals surface area (Å²) in [6.45, 7) is 5.69. The van der Waals surface area contributed by atoms with E-state index < -0.39 is 134 Å². The molecule has 0 unspecified atom stereocenters. The van der Waals surface area contributed by atoms with Crippen molar-refractivity contribution in [3.8, 4) is 5.75 Å². The number of hydrogen-bond acceptors (Lipinski definition) is 6. The van der Waals surface area contributed by atoms with Gasteiger partial charge in [0, 0.05) is 24.5 Å². The normalized spacial score (nSPS) is 15.0. The summed E-state index contributed by atoms with van der Waals surface area (Å²) in [5.41, 5.74) is -0.619. The van der Waals surface area contributed by atoms with Gasteiger partial charge in [0.25, 0.3) is 5.91 Å². The quantitative estimate of drug-likeness (QED) is 0.0184. The molecule has 28 heteroatoms. The number of hydrogen-bond donors (Lipinski definition) is 3. The van der Waals surface area contributed by atoms with Crippen LogP contribution in [0.1, 0.15) is 59.1 Å². The van der Waals surface area contributed by atoms with Crippen molar-refractivity contribution in [3.63, 3.8) is 0 Å².